The van der Waals surface area contributed by atoms with Crippen LogP contribution in [0.4, 0.5) is 11.5 Å². The number of para-hydroxylation sites is 1. The van der Waals surface area contributed by atoms with Crippen molar-refractivity contribution >= 4 is 17.2 Å². The molecule has 2 rings (SSSR count). The highest BCUT2D eigenvalue weighted by atomic mass is 14.9. The monoisotopic (exact) mass is 239 g/mol. The molecule has 3 nitrogen and oxygen atoms in total. The van der Waals surface area contributed by atoms with Gasteiger partial charge in [-0.25, -0.2) is 4.98 Å². The minimum Gasteiger partial charge on any atom is -0.384 e. The summed E-state index contributed by atoms with van der Waals surface area (Å²) in [6.45, 7) is 6.07. The number of hydrogen-bond acceptors (Lipinski definition) is 3. The lowest BCUT2D eigenvalue weighted by Crippen LogP contribution is -2.01. The number of nitrogens with two attached hydrogens (primary N) is 1. The molecule has 18 heavy (non-hydrogen) atoms. The van der Waals surface area contributed by atoms with Gasteiger partial charge in [0.1, 0.15) is 5.82 Å². The zero-order valence-electron chi connectivity index (χ0n) is 10.9. The molecule has 1 aromatic carbocycles. The molecule has 0 saturated carbocycles. The van der Waals surface area contributed by atoms with Crippen LogP contribution in [-0.4, -0.2) is 10.7 Å². The predicted octanol–water partition coefficient (Wildman–Crippen LogP) is 3.42. The average Bonchev–Trinajstić information content (AvgIpc) is 2.34. The highest BCUT2D eigenvalue weighted by Gasteiger charge is 2.04. The first kappa shape index (κ1) is 12.3. The fourth-order valence-electron chi connectivity index (χ4n) is 1.86. The van der Waals surface area contributed by atoms with E-state index < -0.39 is 0 Å². The molecule has 0 fully saturated rings. The van der Waals surface area contributed by atoms with E-state index in [4.69, 9.17) is 5.73 Å². The molecule has 0 unspecified atom stereocenters. The lowest BCUT2D eigenvalue weighted by Gasteiger charge is -2.06. The summed E-state index contributed by atoms with van der Waals surface area (Å²) in [4.78, 5) is 8.94. The van der Waals surface area contributed by atoms with E-state index in [2.05, 4.69) is 36.0 Å². The van der Waals surface area contributed by atoms with Crippen LogP contribution in [0.2, 0.25) is 0 Å². The van der Waals surface area contributed by atoms with E-state index in [1.807, 2.05) is 25.1 Å². The summed E-state index contributed by atoms with van der Waals surface area (Å²) in [5.74, 6) is 0.517. The number of rotatable bonds is 2. The van der Waals surface area contributed by atoms with Crippen LogP contribution in [0.25, 0.3) is 0 Å². The van der Waals surface area contributed by atoms with Gasteiger partial charge in [-0.3, -0.25) is 4.99 Å². The number of aryl methyl sites for hydroxylation is 2. The van der Waals surface area contributed by atoms with Gasteiger partial charge in [0.2, 0.25) is 0 Å². The molecule has 0 bridgehead atoms. The molecule has 1 heterocycles. The second kappa shape index (κ2) is 5.00. The topological polar surface area (TPSA) is 51.3 Å². The molecule has 0 atom stereocenters. The lowest BCUT2D eigenvalue weighted by molar-refractivity contribution is 1.27. The minimum absolute atomic E-state index is 0.517. The number of aromatic nitrogens is 1. The number of benzene rings is 1. The number of hydrogen-bond donors (Lipinski definition) is 1. The van der Waals surface area contributed by atoms with Crippen molar-refractivity contribution < 1.29 is 0 Å². The molecule has 2 aromatic rings. The molecule has 1 aromatic heterocycles. The summed E-state index contributed by atoms with van der Waals surface area (Å²) < 4.78 is 0. The SMILES string of the molecule is CC(=Nc1c(C)cccc1C)c1cccc(N)n1. The molecule has 3 heteroatoms. The van der Waals surface area contributed by atoms with Crippen LogP contribution in [0.15, 0.2) is 41.4 Å². The Kier molecular flexibility index (Phi) is 3.42. The molecular formula is C15H17N3. The van der Waals surface area contributed by atoms with Gasteiger partial charge in [0.25, 0.3) is 0 Å². The van der Waals surface area contributed by atoms with Crippen molar-refractivity contribution in [1.29, 1.82) is 0 Å². The van der Waals surface area contributed by atoms with Crippen LogP contribution >= 0.6 is 0 Å². The minimum atomic E-state index is 0.517. The zero-order chi connectivity index (χ0) is 13.1. The van der Waals surface area contributed by atoms with Crippen molar-refractivity contribution in [3.8, 4) is 0 Å². The molecule has 0 amide bonds. The Labute approximate surface area is 107 Å². The van der Waals surface area contributed by atoms with Gasteiger partial charge >= 0.3 is 0 Å². The van der Waals surface area contributed by atoms with Crippen LogP contribution in [-0.2, 0) is 0 Å². The standard InChI is InChI=1S/C15H17N3/c1-10-6-4-7-11(2)15(10)17-12(3)13-8-5-9-14(16)18-13/h4-9H,1-3H3,(H2,16,18). The molecule has 0 saturated heterocycles. The molecule has 0 aliphatic rings. The summed E-state index contributed by atoms with van der Waals surface area (Å²) in [6.07, 6.45) is 0. The third-order valence-electron chi connectivity index (χ3n) is 2.86. The smallest absolute Gasteiger partial charge is 0.124 e. The third kappa shape index (κ3) is 2.56. The van der Waals surface area contributed by atoms with E-state index in [9.17, 15) is 0 Å². The maximum absolute atomic E-state index is 5.68. The van der Waals surface area contributed by atoms with E-state index in [0.29, 0.717) is 5.82 Å². The summed E-state index contributed by atoms with van der Waals surface area (Å²) in [5.41, 5.74) is 10.7. The van der Waals surface area contributed by atoms with Crippen LogP contribution in [0.3, 0.4) is 0 Å². The van der Waals surface area contributed by atoms with Crippen molar-refractivity contribution in [3.05, 3.63) is 53.2 Å². The van der Waals surface area contributed by atoms with E-state index in [1.165, 1.54) is 11.1 Å². The Morgan fingerprint density at radius 3 is 2.28 bits per heavy atom. The second-order valence-electron chi connectivity index (χ2n) is 4.39. The Bertz CT molecular complexity index is 580. The first-order valence-corrected chi connectivity index (χ1v) is 5.92. The largest absolute Gasteiger partial charge is 0.384 e. The quantitative estimate of drug-likeness (QED) is 0.816. The van der Waals surface area contributed by atoms with Gasteiger partial charge in [-0.15, -0.1) is 0 Å². The first-order chi connectivity index (χ1) is 8.58. The summed E-state index contributed by atoms with van der Waals surface area (Å²) >= 11 is 0. The van der Waals surface area contributed by atoms with Crippen molar-refractivity contribution in [2.24, 2.45) is 4.99 Å². The van der Waals surface area contributed by atoms with Crippen LogP contribution in [0, 0.1) is 13.8 Å². The van der Waals surface area contributed by atoms with Crippen LogP contribution < -0.4 is 5.73 Å². The number of aliphatic imine (C=N–C) groups is 1. The third-order valence-corrected chi connectivity index (χ3v) is 2.86. The fraction of sp³-hybridized carbons (Fsp3) is 0.200. The van der Waals surface area contributed by atoms with Gasteiger partial charge < -0.3 is 5.73 Å². The first-order valence-electron chi connectivity index (χ1n) is 5.92. The zero-order valence-corrected chi connectivity index (χ0v) is 10.9. The van der Waals surface area contributed by atoms with Crippen molar-refractivity contribution in [2.45, 2.75) is 20.8 Å². The van der Waals surface area contributed by atoms with Crippen LogP contribution in [0.5, 0.6) is 0 Å². The molecule has 2 N–H and O–H groups in total. The predicted molar refractivity (Wildman–Crippen MR) is 76.4 cm³/mol. The molecule has 0 radical (unpaired) electrons. The molecule has 0 aliphatic heterocycles. The van der Waals surface area contributed by atoms with Crippen molar-refractivity contribution in [3.63, 3.8) is 0 Å². The van der Waals surface area contributed by atoms with E-state index >= 15 is 0 Å². The maximum Gasteiger partial charge on any atom is 0.124 e. The van der Waals surface area contributed by atoms with Gasteiger partial charge in [-0.2, -0.15) is 0 Å². The lowest BCUT2D eigenvalue weighted by atomic mass is 10.1. The Hall–Kier alpha value is -2.16. The summed E-state index contributed by atoms with van der Waals surface area (Å²) in [5, 5.41) is 0. The molecular weight excluding hydrogens is 222 g/mol. The van der Waals surface area contributed by atoms with Crippen molar-refractivity contribution in [2.75, 3.05) is 5.73 Å². The number of pyridine rings is 1. The highest BCUT2D eigenvalue weighted by molar-refractivity contribution is 5.99. The summed E-state index contributed by atoms with van der Waals surface area (Å²) in [7, 11) is 0. The fourth-order valence-corrected chi connectivity index (χ4v) is 1.86. The Morgan fingerprint density at radius 2 is 1.67 bits per heavy atom. The molecule has 92 valence electrons. The van der Waals surface area contributed by atoms with Gasteiger partial charge in [0.15, 0.2) is 0 Å². The van der Waals surface area contributed by atoms with Gasteiger partial charge in [0, 0.05) is 0 Å². The number of anilines is 1. The van der Waals surface area contributed by atoms with Gasteiger partial charge in [-0.05, 0) is 44.0 Å². The van der Waals surface area contributed by atoms with E-state index in [0.717, 1.165) is 17.1 Å². The van der Waals surface area contributed by atoms with Crippen molar-refractivity contribution in [1.82, 2.24) is 4.98 Å². The van der Waals surface area contributed by atoms with Gasteiger partial charge in [0.05, 0.1) is 17.1 Å². The maximum atomic E-state index is 5.68. The Balaban J connectivity index is 2.45. The number of nitrogen functional groups attached to an aromatic ring is 1. The number of nitrogens with zero attached hydrogens (tertiary/aromatic N) is 2. The van der Waals surface area contributed by atoms with Crippen LogP contribution in [0.1, 0.15) is 23.7 Å². The summed E-state index contributed by atoms with van der Waals surface area (Å²) in [6, 6.07) is 11.7. The average molecular weight is 239 g/mol. The molecule has 0 aliphatic carbocycles. The highest BCUT2D eigenvalue weighted by Crippen LogP contribution is 2.23. The van der Waals surface area contributed by atoms with E-state index in [1.54, 1.807) is 6.07 Å². The molecule has 0 spiro atoms. The van der Waals surface area contributed by atoms with E-state index in [-0.39, 0.29) is 0 Å². The van der Waals surface area contributed by atoms with Gasteiger partial charge in [-0.1, -0.05) is 24.3 Å². The Morgan fingerprint density at radius 1 is 1.06 bits per heavy atom. The normalized spacial score (nSPS) is 11.6. The second-order valence-corrected chi connectivity index (χ2v) is 4.39.